The quantitative estimate of drug-likeness (QED) is 0.237. The third kappa shape index (κ3) is 6.19. The molecule has 1 aliphatic heterocycles. The van der Waals surface area contributed by atoms with Gasteiger partial charge in [-0.3, -0.25) is 0 Å². The van der Waals surface area contributed by atoms with E-state index in [1.54, 1.807) is 19.1 Å². The van der Waals surface area contributed by atoms with E-state index < -0.39 is 11.9 Å². The van der Waals surface area contributed by atoms with Gasteiger partial charge in [0.05, 0.1) is 16.8 Å². The summed E-state index contributed by atoms with van der Waals surface area (Å²) in [7, 11) is 0. The fraction of sp³-hybridized carbons (Fsp3) is 0.227. The van der Waals surface area contributed by atoms with Gasteiger partial charge in [-0.25, -0.2) is 14.6 Å². The van der Waals surface area contributed by atoms with Crippen molar-refractivity contribution in [2.75, 3.05) is 19.8 Å². The van der Waals surface area contributed by atoms with Crippen molar-refractivity contribution in [3.63, 3.8) is 0 Å². The number of nitrogens with zero attached hydrogens (tertiary/aromatic N) is 1. The van der Waals surface area contributed by atoms with Crippen molar-refractivity contribution in [1.29, 1.82) is 0 Å². The van der Waals surface area contributed by atoms with Gasteiger partial charge in [0.15, 0.2) is 23.8 Å². The topological polar surface area (TPSA) is 83.4 Å². The Labute approximate surface area is 207 Å². The maximum absolute atomic E-state index is 12.3. The molecule has 2 aromatic rings. The van der Waals surface area contributed by atoms with Crippen molar-refractivity contribution in [3.05, 3.63) is 60.4 Å². The highest BCUT2D eigenvalue weighted by Crippen LogP contribution is 2.35. The van der Waals surface area contributed by atoms with Crippen LogP contribution in [0.3, 0.4) is 0 Å². The Kier molecular flexibility index (Phi) is 8.29. The summed E-state index contributed by atoms with van der Waals surface area (Å²) in [6.45, 7) is 4.05. The summed E-state index contributed by atoms with van der Waals surface area (Å²) in [5, 5.41) is 0. The van der Waals surface area contributed by atoms with Gasteiger partial charge in [0.25, 0.3) is 0 Å². The number of hydrogen-bond donors (Lipinski definition) is 0. The van der Waals surface area contributed by atoms with E-state index in [4.69, 9.17) is 18.9 Å². The Morgan fingerprint density at radius 1 is 1.10 bits per heavy atom. The molecule has 0 saturated carbocycles. The molecule has 1 aliphatic rings. The lowest BCUT2D eigenvalue weighted by Gasteiger charge is -2.14. The zero-order valence-corrected chi connectivity index (χ0v) is 21.1. The largest absolute Gasteiger partial charge is 0.490 e. The molecule has 0 unspecified atom stereocenters. The molecule has 9 heteroatoms. The summed E-state index contributed by atoms with van der Waals surface area (Å²) in [5.74, 6) is 0.178. The van der Waals surface area contributed by atoms with Crippen LogP contribution in [0, 0.1) is 7.14 Å². The van der Waals surface area contributed by atoms with Crippen molar-refractivity contribution >= 4 is 69.1 Å². The molecule has 0 saturated heterocycles. The molecule has 7 nitrogen and oxygen atoms in total. The minimum atomic E-state index is -0.524. The first-order chi connectivity index (χ1) is 14.9. The molecular weight excluding hydrogens is 628 g/mol. The van der Waals surface area contributed by atoms with Gasteiger partial charge in [-0.2, -0.15) is 0 Å². The highest BCUT2D eigenvalue weighted by molar-refractivity contribution is 14.1. The fourth-order valence-electron chi connectivity index (χ4n) is 2.69. The molecule has 2 aromatic carbocycles. The van der Waals surface area contributed by atoms with Crippen molar-refractivity contribution in [3.8, 4) is 11.5 Å². The van der Waals surface area contributed by atoms with Crippen LogP contribution in [0.2, 0.25) is 0 Å². The normalized spacial score (nSPS) is 14.3. The molecule has 0 aliphatic carbocycles. The highest BCUT2D eigenvalue weighted by Gasteiger charge is 2.24. The zero-order valence-electron chi connectivity index (χ0n) is 16.8. The second-order valence-corrected chi connectivity index (χ2v) is 8.61. The van der Waals surface area contributed by atoms with Crippen molar-refractivity contribution in [2.24, 2.45) is 4.99 Å². The number of hydrogen-bond acceptors (Lipinski definition) is 7. The summed E-state index contributed by atoms with van der Waals surface area (Å²) in [6.07, 6.45) is 1.63. The van der Waals surface area contributed by atoms with Crippen LogP contribution in [0.1, 0.15) is 25.0 Å². The van der Waals surface area contributed by atoms with Crippen LogP contribution in [0.5, 0.6) is 11.5 Å². The van der Waals surface area contributed by atoms with E-state index in [-0.39, 0.29) is 24.8 Å². The predicted molar refractivity (Wildman–Crippen MR) is 132 cm³/mol. The second kappa shape index (κ2) is 10.9. The van der Waals surface area contributed by atoms with Gasteiger partial charge < -0.3 is 18.9 Å². The maximum atomic E-state index is 12.3. The average Bonchev–Trinajstić information content (AvgIpc) is 3.08. The number of cyclic esters (lactones) is 1. The molecule has 1 heterocycles. The van der Waals surface area contributed by atoms with Crippen LogP contribution >= 0.6 is 45.2 Å². The number of carbonyl (C=O) groups excluding carboxylic acids is 2. The van der Waals surface area contributed by atoms with E-state index in [9.17, 15) is 9.59 Å². The Balaban J connectivity index is 1.88. The number of benzene rings is 2. The van der Waals surface area contributed by atoms with E-state index >= 15 is 0 Å². The summed E-state index contributed by atoms with van der Waals surface area (Å²) in [4.78, 5) is 28.3. The Bertz CT molecular complexity index is 1050. The lowest BCUT2D eigenvalue weighted by Crippen LogP contribution is -2.15. The van der Waals surface area contributed by atoms with Crippen LogP contribution in [0.4, 0.5) is 0 Å². The average molecular weight is 647 g/mol. The molecule has 0 spiro atoms. The van der Waals surface area contributed by atoms with Crippen molar-refractivity contribution in [1.82, 2.24) is 0 Å². The molecule has 0 aromatic heterocycles. The molecule has 0 bridgehead atoms. The van der Waals surface area contributed by atoms with Gasteiger partial charge in [0.1, 0.15) is 0 Å². The standard InChI is InChI=1S/C22H19I2NO6/c1-3-28-18-11-13(9-16(24)20(18)30-12-19(26)29-4-2)10-17-22(27)31-21(25-17)14-5-7-15(23)8-6-14/h5-11H,3-4,12H2,1-2H3/b17-10-. The second-order valence-electron chi connectivity index (χ2n) is 6.20. The third-order valence-corrected chi connectivity index (χ3v) is 5.51. The number of rotatable bonds is 8. The Hall–Kier alpha value is -2.15. The smallest absolute Gasteiger partial charge is 0.363 e. The number of carbonyl (C=O) groups is 2. The minimum absolute atomic E-state index is 0.187. The molecule has 0 amide bonds. The van der Waals surface area contributed by atoms with Gasteiger partial charge in [-0.05, 0) is 107 Å². The summed E-state index contributed by atoms with van der Waals surface area (Å²) < 4.78 is 23.3. The molecule has 3 rings (SSSR count). The first kappa shape index (κ1) is 23.5. The molecule has 0 fully saturated rings. The van der Waals surface area contributed by atoms with Crippen LogP contribution in [0.15, 0.2) is 47.1 Å². The van der Waals surface area contributed by atoms with Gasteiger partial charge in [0, 0.05) is 9.13 Å². The minimum Gasteiger partial charge on any atom is -0.490 e. The number of aliphatic imine (C=N–C) groups is 1. The molecule has 0 atom stereocenters. The van der Waals surface area contributed by atoms with E-state index in [1.807, 2.05) is 37.3 Å². The molecule has 31 heavy (non-hydrogen) atoms. The number of ether oxygens (including phenoxy) is 4. The number of esters is 2. The van der Waals surface area contributed by atoms with E-state index in [0.29, 0.717) is 27.2 Å². The van der Waals surface area contributed by atoms with E-state index in [2.05, 4.69) is 50.2 Å². The maximum Gasteiger partial charge on any atom is 0.363 e. The van der Waals surface area contributed by atoms with Gasteiger partial charge >= 0.3 is 11.9 Å². The van der Waals surface area contributed by atoms with Crippen LogP contribution in [-0.2, 0) is 19.1 Å². The van der Waals surface area contributed by atoms with Crippen LogP contribution in [-0.4, -0.2) is 37.7 Å². The van der Waals surface area contributed by atoms with Gasteiger partial charge in [-0.15, -0.1) is 0 Å². The lowest BCUT2D eigenvalue weighted by molar-refractivity contribution is -0.145. The fourth-order valence-corrected chi connectivity index (χ4v) is 3.83. The number of halogens is 2. The SMILES string of the molecule is CCOC(=O)COc1c(I)cc(/C=C2\N=C(c3ccc(I)cc3)OC2=O)cc1OCC. The molecule has 0 N–H and O–H groups in total. The Morgan fingerprint density at radius 2 is 1.84 bits per heavy atom. The highest BCUT2D eigenvalue weighted by atomic mass is 127. The van der Waals surface area contributed by atoms with Gasteiger partial charge in [-0.1, -0.05) is 0 Å². The third-order valence-electron chi connectivity index (χ3n) is 3.99. The monoisotopic (exact) mass is 647 g/mol. The zero-order chi connectivity index (χ0) is 22.4. The van der Waals surface area contributed by atoms with E-state index in [1.165, 1.54) is 0 Å². The summed E-state index contributed by atoms with van der Waals surface area (Å²) in [6, 6.07) is 11.1. The van der Waals surface area contributed by atoms with Crippen LogP contribution < -0.4 is 9.47 Å². The van der Waals surface area contributed by atoms with E-state index in [0.717, 1.165) is 9.13 Å². The first-order valence-electron chi connectivity index (χ1n) is 9.44. The molecule has 0 radical (unpaired) electrons. The first-order valence-corrected chi connectivity index (χ1v) is 11.6. The van der Waals surface area contributed by atoms with Crippen LogP contribution in [0.25, 0.3) is 6.08 Å². The Morgan fingerprint density at radius 3 is 2.52 bits per heavy atom. The van der Waals surface area contributed by atoms with Crippen molar-refractivity contribution < 1.29 is 28.5 Å². The summed E-state index contributed by atoms with van der Waals surface area (Å²) in [5.41, 5.74) is 1.60. The molecular formula is C22H19I2NO6. The molecule has 162 valence electrons. The van der Waals surface area contributed by atoms with Crippen molar-refractivity contribution in [2.45, 2.75) is 13.8 Å². The lowest BCUT2D eigenvalue weighted by atomic mass is 10.1. The van der Waals surface area contributed by atoms with Gasteiger partial charge in [0.2, 0.25) is 5.90 Å². The summed E-state index contributed by atoms with van der Waals surface area (Å²) >= 11 is 4.29. The predicted octanol–water partition coefficient (Wildman–Crippen LogP) is 4.58.